The first-order valence-corrected chi connectivity index (χ1v) is 5.02. The van der Waals surface area contributed by atoms with Crippen LogP contribution in [0.5, 0.6) is 0 Å². The first-order chi connectivity index (χ1) is 7.19. The Labute approximate surface area is 91.1 Å². The molecule has 0 fully saturated rings. The van der Waals surface area contributed by atoms with Crippen LogP contribution in [-0.2, 0) is 0 Å². The highest BCUT2D eigenvalue weighted by Crippen LogP contribution is 2.17. The molecule has 0 radical (unpaired) electrons. The van der Waals surface area contributed by atoms with Crippen LogP contribution in [0, 0.1) is 13.8 Å². The molecule has 0 spiro atoms. The van der Waals surface area contributed by atoms with Crippen molar-refractivity contribution in [3.8, 4) is 0 Å². The summed E-state index contributed by atoms with van der Waals surface area (Å²) in [5.41, 5.74) is 7.24. The molecular formula is C11H20FN3. The van der Waals surface area contributed by atoms with Crippen molar-refractivity contribution in [1.82, 2.24) is 4.98 Å². The minimum absolute atomic E-state index is 0.456. The van der Waals surface area contributed by atoms with Gasteiger partial charge >= 0.3 is 0 Å². The van der Waals surface area contributed by atoms with E-state index >= 15 is 0 Å². The monoisotopic (exact) mass is 213 g/mol. The first kappa shape index (κ1) is 13.8. The number of alkyl halides is 1. The second-order valence-electron chi connectivity index (χ2n) is 3.03. The number of rotatable bonds is 3. The summed E-state index contributed by atoms with van der Waals surface area (Å²) in [5.74, 6) is 0. The van der Waals surface area contributed by atoms with Gasteiger partial charge in [0.2, 0.25) is 0 Å². The number of anilines is 1. The molecule has 1 heterocycles. The normalized spacial score (nSPS) is 9.20. The van der Waals surface area contributed by atoms with Crippen LogP contribution >= 0.6 is 0 Å². The topological polar surface area (TPSA) is 42.2 Å². The molecule has 0 atom stereocenters. The fourth-order valence-corrected chi connectivity index (χ4v) is 1.33. The van der Waals surface area contributed by atoms with Gasteiger partial charge in [0.1, 0.15) is 0 Å². The zero-order valence-electron chi connectivity index (χ0n) is 9.92. The Morgan fingerprint density at radius 2 is 1.93 bits per heavy atom. The van der Waals surface area contributed by atoms with Crippen LogP contribution in [0.3, 0.4) is 0 Å². The summed E-state index contributed by atoms with van der Waals surface area (Å²) in [6, 6.07) is 3.82. The second-order valence-corrected chi connectivity index (χ2v) is 3.03. The van der Waals surface area contributed by atoms with Crippen molar-refractivity contribution < 1.29 is 4.39 Å². The van der Waals surface area contributed by atoms with Gasteiger partial charge in [-0.15, -0.1) is 0 Å². The summed E-state index contributed by atoms with van der Waals surface area (Å²) < 4.78 is 12.5. The largest absolute Gasteiger partial charge is 0.343 e. The van der Waals surface area contributed by atoms with Crippen LogP contribution in [0.25, 0.3) is 0 Å². The number of aryl methyl sites for hydroxylation is 2. The molecule has 0 saturated heterocycles. The highest BCUT2D eigenvalue weighted by atomic mass is 19.1. The van der Waals surface area contributed by atoms with Crippen LogP contribution in [-0.4, -0.2) is 25.4 Å². The number of halogens is 1. The number of nitrogens with two attached hydrogens (primary N) is 1. The summed E-state index contributed by atoms with van der Waals surface area (Å²) in [4.78, 5) is 5.94. The van der Waals surface area contributed by atoms with Gasteiger partial charge < -0.3 is 10.6 Å². The van der Waals surface area contributed by atoms with E-state index in [2.05, 4.69) is 10.7 Å². The Hall–Kier alpha value is -1.16. The molecule has 0 aliphatic carbocycles. The third kappa shape index (κ3) is 3.83. The minimum Gasteiger partial charge on any atom is -0.343 e. The third-order valence-electron chi connectivity index (χ3n) is 2.06. The van der Waals surface area contributed by atoms with Crippen molar-refractivity contribution in [2.45, 2.75) is 20.8 Å². The summed E-state index contributed by atoms with van der Waals surface area (Å²) in [6.07, 6.45) is 0. The molecule has 0 aliphatic rings. The van der Waals surface area contributed by atoms with Crippen LogP contribution in [0.4, 0.5) is 10.1 Å². The van der Waals surface area contributed by atoms with Gasteiger partial charge in [0.25, 0.3) is 0 Å². The molecule has 0 amide bonds. The fraction of sp³-hybridized carbons (Fsp3) is 0.545. The van der Waals surface area contributed by atoms with E-state index in [4.69, 9.17) is 0 Å². The van der Waals surface area contributed by atoms with Crippen LogP contribution < -0.4 is 10.6 Å². The maximum Gasteiger partial charge on any atom is 0.162 e. The van der Waals surface area contributed by atoms with Crippen molar-refractivity contribution in [3.63, 3.8) is 0 Å². The van der Waals surface area contributed by atoms with Crippen LogP contribution in [0.15, 0.2) is 12.1 Å². The van der Waals surface area contributed by atoms with Gasteiger partial charge in [-0.05, 0) is 40.0 Å². The number of aromatic nitrogens is 1. The Bertz CT molecular complexity index is 285. The van der Waals surface area contributed by atoms with E-state index in [0.717, 1.165) is 17.1 Å². The molecular weight excluding hydrogens is 193 g/mol. The molecule has 0 saturated carbocycles. The molecule has 3 nitrogen and oxygen atoms in total. The van der Waals surface area contributed by atoms with Crippen LogP contribution in [0.1, 0.15) is 18.3 Å². The molecule has 15 heavy (non-hydrogen) atoms. The molecule has 86 valence electrons. The predicted molar refractivity (Wildman–Crippen MR) is 62.8 cm³/mol. The number of hydrogen-bond donors (Lipinski definition) is 1. The van der Waals surface area contributed by atoms with Crippen molar-refractivity contribution in [2.24, 2.45) is 5.73 Å². The van der Waals surface area contributed by atoms with Gasteiger partial charge in [-0.25, -0.2) is 4.39 Å². The van der Waals surface area contributed by atoms with Gasteiger partial charge in [0.15, 0.2) is 6.80 Å². The lowest BCUT2D eigenvalue weighted by molar-refractivity contribution is 0.478. The van der Waals surface area contributed by atoms with Crippen molar-refractivity contribution in [3.05, 3.63) is 23.5 Å². The quantitative estimate of drug-likeness (QED) is 0.781. The van der Waals surface area contributed by atoms with E-state index in [9.17, 15) is 4.39 Å². The molecule has 0 aliphatic heterocycles. The third-order valence-corrected chi connectivity index (χ3v) is 2.06. The summed E-state index contributed by atoms with van der Waals surface area (Å²) in [6.45, 7) is 5.98. The predicted octanol–water partition coefficient (Wildman–Crippen LogP) is 2.03. The Balaban J connectivity index is 0.000000921. The molecule has 0 bridgehead atoms. The molecule has 4 heteroatoms. The molecule has 1 aromatic rings. The summed E-state index contributed by atoms with van der Waals surface area (Å²) in [7, 11) is 1.50. The average molecular weight is 213 g/mol. The lowest BCUT2D eigenvalue weighted by atomic mass is 10.2. The maximum atomic E-state index is 12.5. The smallest absolute Gasteiger partial charge is 0.162 e. The van der Waals surface area contributed by atoms with E-state index < -0.39 is 6.80 Å². The van der Waals surface area contributed by atoms with Gasteiger partial charge in [0.05, 0.1) is 11.4 Å². The minimum atomic E-state index is -0.456. The lowest BCUT2D eigenvalue weighted by Crippen LogP contribution is -2.22. The van der Waals surface area contributed by atoms with E-state index in [-0.39, 0.29) is 0 Å². The molecule has 2 N–H and O–H groups in total. The lowest BCUT2D eigenvalue weighted by Gasteiger charge is -2.20. The van der Waals surface area contributed by atoms with Gasteiger partial charge in [0, 0.05) is 12.2 Å². The van der Waals surface area contributed by atoms with Crippen molar-refractivity contribution in [2.75, 3.05) is 25.3 Å². The second kappa shape index (κ2) is 7.17. The number of pyridine rings is 1. The highest BCUT2D eigenvalue weighted by Gasteiger charge is 2.06. The first-order valence-electron chi connectivity index (χ1n) is 5.02. The van der Waals surface area contributed by atoms with E-state index in [0.29, 0.717) is 6.54 Å². The summed E-state index contributed by atoms with van der Waals surface area (Å²) >= 11 is 0. The van der Waals surface area contributed by atoms with Gasteiger partial charge in [-0.1, -0.05) is 0 Å². The van der Waals surface area contributed by atoms with Crippen molar-refractivity contribution in [1.29, 1.82) is 0 Å². The van der Waals surface area contributed by atoms with Crippen molar-refractivity contribution >= 4 is 5.69 Å². The standard InChI is InChI=1S/C10H15FN2.CH5N/c1-4-13(7-11)10-6-5-8(2)12-9(10)3;1-2/h5-6H,4,7H2,1-3H3;2H2,1H3. The van der Waals surface area contributed by atoms with Gasteiger partial charge in [-0.3, -0.25) is 4.98 Å². The van der Waals surface area contributed by atoms with Crippen LogP contribution in [0.2, 0.25) is 0 Å². The average Bonchev–Trinajstić information content (AvgIpc) is 2.25. The van der Waals surface area contributed by atoms with E-state index in [1.807, 2.05) is 32.9 Å². The SMILES string of the molecule is CCN(CF)c1ccc(C)nc1C.CN. The zero-order chi connectivity index (χ0) is 11.8. The number of hydrogen-bond acceptors (Lipinski definition) is 3. The highest BCUT2D eigenvalue weighted by molar-refractivity contribution is 5.50. The van der Waals surface area contributed by atoms with E-state index in [1.165, 1.54) is 7.05 Å². The maximum absolute atomic E-state index is 12.5. The Morgan fingerprint density at radius 1 is 1.33 bits per heavy atom. The van der Waals surface area contributed by atoms with E-state index in [1.54, 1.807) is 4.90 Å². The zero-order valence-corrected chi connectivity index (χ0v) is 9.92. The molecule has 1 aromatic heterocycles. The van der Waals surface area contributed by atoms with Gasteiger partial charge in [-0.2, -0.15) is 0 Å². The molecule has 1 rings (SSSR count). The summed E-state index contributed by atoms with van der Waals surface area (Å²) in [5, 5.41) is 0. The fourth-order valence-electron chi connectivity index (χ4n) is 1.33. The molecule has 0 aromatic carbocycles. The Morgan fingerprint density at radius 3 is 2.33 bits per heavy atom. The number of nitrogens with zero attached hydrogens (tertiary/aromatic N) is 2. The Kier molecular flexibility index (Phi) is 6.62. The molecule has 0 unspecified atom stereocenters.